The minimum Gasteiger partial charge on any atom is -0.458 e. The Balaban J connectivity index is 3.77. The van der Waals surface area contributed by atoms with Gasteiger partial charge in [-0.2, -0.15) is 0 Å². The Morgan fingerprint density at radius 3 is 1.61 bits per heavy atom. The number of rotatable bonds is 22. The second kappa shape index (κ2) is 21.4. The number of nitrogens with one attached hydrogen (secondary N) is 1. The van der Waals surface area contributed by atoms with Gasteiger partial charge in [-0.1, -0.05) is 96.8 Å². The highest BCUT2D eigenvalue weighted by molar-refractivity contribution is 5.84. The summed E-state index contributed by atoms with van der Waals surface area (Å²) in [6, 6.07) is -0.570. The van der Waals surface area contributed by atoms with Gasteiger partial charge in [0.25, 0.3) is 0 Å². The lowest BCUT2D eigenvalue weighted by atomic mass is 10.0. The third-order valence-electron chi connectivity index (χ3n) is 5.98. The summed E-state index contributed by atoms with van der Waals surface area (Å²) in [5.74, 6) is -0.391. The minimum atomic E-state index is -0.570. The Bertz CT molecular complexity index is 474. The molecule has 0 fully saturated rings. The molecule has 1 amide bonds. The molecule has 0 spiro atoms. The molecule has 0 radical (unpaired) electrons. The zero-order valence-corrected chi connectivity index (χ0v) is 22.5. The molecule has 0 rings (SSSR count). The first-order valence-electron chi connectivity index (χ1n) is 14.0. The molecule has 0 saturated carbocycles. The van der Waals surface area contributed by atoms with Crippen molar-refractivity contribution in [2.75, 3.05) is 6.54 Å². The zero-order valence-electron chi connectivity index (χ0n) is 22.5. The molecule has 0 bridgehead atoms. The molecule has 196 valence electrons. The first kappa shape index (κ1) is 31.9. The molecule has 1 atom stereocenters. The topological polar surface area (TPSA) is 81.4 Å². The fourth-order valence-electron chi connectivity index (χ4n) is 4.04. The number of nitrogens with two attached hydrogens (primary N) is 1. The highest BCUT2D eigenvalue weighted by Crippen LogP contribution is 2.14. The van der Waals surface area contributed by atoms with E-state index in [4.69, 9.17) is 10.5 Å². The molecule has 0 saturated heterocycles. The van der Waals surface area contributed by atoms with Crippen LogP contribution in [0.2, 0.25) is 0 Å². The second-order valence-electron chi connectivity index (χ2n) is 10.6. The van der Waals surface area contributed by atoms with Gasteiger partial charge >= 0.3 is 5.97 Å². The van der Waals surface area contributed by atoms with E-state index in [2.05, 4.69) is 12.2 Å². The average molecular weight is 469 g/mol. The zero-order chi connectivity index (χ0) is 24.8. The van der Waals surface area contributed by atoms with Crippen molar-refractivity contribution in [1.82, 2.24) is 5.32 Å². The Hall–Kier alpha value is -1.10. The molecule has 0 aromatic carbocycles. The van der Waals surface area contributed by atoms with Gasteiger partial charge in [-0.05, 0) is 53.0 Å². The van der Waals surface area contributed by atoms with Crippen molar-refractivity contribution in [3.8, 4) is 0 Å². The van der Waals surface area contributed by atoms with Gasteiger partial charge in [-0.15, -0.1) is 0 Å². The molecule has 0 heterocycles. The van der Waals surface area contributed by atoms with Gasteiger partial charge in [0.2, 0.25) is 5.91 Å². The van der Waals surface area contributed by atoms with E-state index in [0.29, 0.717) is 19.4 Å². The maximum absolute atomic E-state index is 12.4. The van der Waals surface area contributed by atoms with Crippen LogP contribution in [0.5, 0.6) is 0 Å². The van der Waals surface area contributed by atoms with Crippen molar-refractivity contribution in [2.24, 2.45) is 5.73 Å². The maximum atomic E-state index is 12.4. The molecule has 3 N–H and O–H groups in total. The number of ether oxygens (including phenoxy) is 1. The van der Waals surface area contributed by atoms with Gasteiger partial charge in [-0.3, -0.25) is 4.79 Å². The number of carbonyl (C=O) groups is 2. The first-order valence-corrected chi connectivity index (χ1v) is 14.0. The fourth-order valence-corrected chi connectivity index (χ4v) is 4.04. The average Bonchev–Trinajstić information content (AvgIpc) is 2.74. The van der Waals surface area contributed by atoms with E-state index in [0.717, 1.165) is 25.7 Å². The van der Waals surface area contributed by atoms with Crippen LogP contribution in [0, 0.1) is 0 Å². The number of hydrogen-bond acceptors (Lipinski definition) is 4. The van der Waals surface area contributed by atoms with Crippen molar-refractivity contribution in [1.29, 1.82) is 0 Å². The van der Waals surface area contributed by atoms with Crippen LogP contribution in [0.4, 0.5) is 0 Å². The van der Waals surface area contributed by atoms with Crippen molar-refractivity contribution in [3.63, 3.8) is 0 Å². The molecule has 0 unspecified atom stereocenters. The summed E-state index contributed by atoms with van der Waals surface area (Å²) in [6.45, 7) is 8.40. The Morgan fingerprint density at radius 2 is 1.18 bits per heavy atom. The molecular weight excluding hydrogens is 412 g/mol. The molecule has 5 heteroatoms. The summed E-state index contributed by atoms with van der Waals surface area (Å²) in [5, 5.41) is 2.89. The summed E-state index contributed by atoms with van der Waals surface area (Å²) in [7, 11) is 0. The van der Waals surface area contributed by atoms with Crippen molar-refractivity contribution >= 4 is 11.9 Å². The van der Waals surface area contributed by atoms with E-state index in [1.165, 1.54) is 83.5 Å². The summed E-state index contributed by atoms with van der Waals surface area (Å²) in [5.41, 5.74) is 5.01. The smallest absolute Gasteiger partial charge is 0.329 e. The van der Waals surface area contributed by atoms with Gasteiger partial charge in [0, 0.05) is 6.42 Å². The van der Waals surface area contributed by atoms with Crippen molar-refractivity contribution < 1.29 is 14.3 Å². The normalized spacial score (nSPS) is 12.5. The van der Waals surface area contributed by atoms with Crippen LogP contribution in [0.1, 0.15) is 150 Å². The van der Waals surface area contributed by atoms with Crippen LogP contribution in [0.25, 0.3) is 0 Å². The third-order valence-corrected chi connectivity index (χ3v) is 5.98. The molecule has 0 aliphatic heterocycles. The van der Waals surface area contributed by atoms with E-state index >= 15 is 0 Å². The SMILES string of the molecule is CCCCCCCCCCCCCCCCCC(=O)N[C@@H](CCCCN)C(=O)OC(C)(C)C. The van der Waals surface area contributed by atoms with E-state index in [1.807, 2.05) is 20.8 Å². The van der Waals surface area contributed by atoms with Gasteiger partial charge in [-0.25, -0.2) is 4.79 Å². The number of esters is 1. The Kier molecular flexibility index (Phi) is 20.7. The standard InChI is InChI=1S/C28H56N2O3/c1-5-6-7-8-9-10-11-12-13-14-15-16-17-18-19-23-26(31)30-25(22-20-21-24-29)27(32)33-28(2,3)4/h25H,5-24,29H2,1-4H3,(H,30,31)/t25-/m0/s1. The molecule has 5 nitrogen and oxygen atoms in total. The third kappa shape index (κ3) is 22.5. The number of carbonyl (C=O) groups excluding carboxylic acids is 2. The Labute approximate surface area is 205 Å². The maximum Gasteiger partial charge on any atom is 0.329 e. The van der Waals surface area contributed by atoms with Gasteiger partial charge < -0.3 is 15.8 Å². The first-order chi connectivity index (χ1) is 15.8. The quantitative estimate of drug-likeness (QED) is 0.130. The van der Waals surface area contributed by atoms with Gasteiger partial charge in [0.1, 0.15) is 11.6 Å². The van der Waals surface area contributed by atoms with E-state index < -0.39 is 11.6 Å². The van der Waals surface area contributed by atoms with Crippen LogP contribution in [-0.2, 0) is 14.3 Å². The van der Waals surface area contributed by atoms with E-state index in [9.17, 15) is 9.59 Å². The number of amides is 1. The molecule has 0 aromatic rings. The monoisotopic (exact) mass is 468 g/mol. The predicted molar refractivity (Wildman–Crippen MR) is 140 cm³/mol. The summed E-state index contributed by atoms with van der Waals surface area (Å²) in [4.78, 5) is 24.8. The largest absolute Gasteiger partial charge is 0.458 e. The number of hydrogen-bond donors (Lipinski definition) is 2. The molecule has 0 aliphatic carbocycles. The lowest BCUT2D eigenvalue weighted by Crippen LogP contribution is -2.44. The van der Waals surface area contributed by atoms with Crippen LogP contribution in [-0.4, -0.2) is 30.1 Å². The Morgan fingerprint density at radius 1 is 0.727 bits per heavy atom. The van der Waals surface area contributed by atoms with Crippen LogP contribution < -0.4 is 11.1 Å². The van der Waals surface area contributed by atoms with Crippen LogP contribution >= 0.6 is 0 Å². The van der Waals surface area contributed by atoms with Crippen molar-refractivity contribution in [2.45, 2.75) is 161 Å². The van der Waals surface area contributed by atoms with Crippen molar-refractivity contribution in [3.05, 3.63) is 0 Å². The lowest BCUT2D eigenvalue weighted by Gasteiger charge is -2.24. The summed E-state index contributed by atoms with van der Waals surface area (Å²) >= 11 is 0. The minimum absolute atomic E-state index is 0.0479. The summed E-state index contributed by atoms with van der Waals surface area (Å²) < 4.78 is 5.48. The second-order valence-corrected chi connectivity index (χ2v) is 10.6. The van der Waals surface area contributed by atoms with Gasteiger partial charge in [0.15, 0.2) is 0 Å². The van der Waals surface area contributed by atoms with Gasteiger partial charge in [0.05, 0.1) is 0 Å². The van der Waals surface area contributed by atoms with Crippen LogP contribution in [0.15, 0.2) is 0 Å². The predicted octanol–water partition coefficient (Wildman–Crippen LogP) is 7.20. The fraction of sp³-hybridized carbons (Fsp3) is 0.929. The molecule has 0 aliphatic rings. The van der Waals surface area contributed by atoms with Crippen LogP contribution in [0.3, 0.4) is 0 Å². The molecule has 33 heavy (non-hydrogen) atoms. The highest BCUT2D eigenvalue weighted by atomic mass is 16.6. The molecular formula is C28H56N2O3. The number of unbranched alkanes of at least 4 members (excludes halogenated alkanes) is 15. The van der Waals surface area contributed by atoms with E-state index in [-0.39, 0.29) is 11.9 Å². The lowest BCUT2D eigenvalue weighted by molar-refractivity contribution is -0.158. The molecule has 0 aromatic heterocycles. The summed E-state index contributed by atoms with van der Waals surface area (Å²) in [6.07, 6.45) is 22.3. The van der Waals surface area contributed by atoms with E-state index in [1.54, 1.807) is 0 Å². The highest BCUT2D eigenvalue weighted by Gasteiger charge is 2.26.